The second kappa shape index (κ2) is 4.83. The van der Waals surface area contributed by atoms with Crippen LogP contribution in [0.4, 0.5) is 0 Å². The summed E-state index contributed by atoms with van der Waals surface area (Å²) >= 11 is 0. The molecule has 0 amide bonds. The predicted octanol–water partition coefficient (Wildman–Crippen LogP) is 1.63. The van der Waals surface area contributed by atoms with Gasteiger partial charge in [0.05, 0.1) is 6.10 Å². The number of likely N-dealkylation sites (tertiary alicyclic amines) is 1. The Morgan fingerprint density at radius 3 is 2.58 bits per heavy atom. The molecule has 1 rings (SSSR count). The molecule has 0 saturated carbocycles. The summed E-state index contributed by atoms with van der Waals surface area (Å²) in [5, 5.41) is 9.25. The Labute approximate surface area is 75.6 Å². The molecule has 0 aliphatic carbocycles. The fraction of sp³-hybridized carbons (Fsp3) is 1.00. The van der Waals surface area contributed by atoms with E-state index in [2.05, 4.69) is 18.7 Å². The molecule has 0 aromatic rings. The van der Waals surface area contributed by atoms with Gasteiger partial charge >= 0.3 is 0 Å². The summed E-state index contributed by atoms with van der Waals surface area (Å²) in [7, 11) is 0. The number of unbranched alkanes of at least 4 members (excludes halogenated alkanes) is 3. The lowest BCUT2D eigenvalue weighted by Crippen LogP contribution is -2.58. The van der Waals surface area contributed by atoms with Crippen molar-refractivity contribution >= 4 is 0 Å². The first-order chi connectivity index (χ1) is 5.75. The number of β-amino-alcohol motifs (C(OH)–C–C–N with tert-alkyl or cyclic N) is 1. The summed E-state index contributed by atoms with van der Waals surface area (Å²) in [5.74, 6) is 0. The van der Waals surface area contributed by atoms with Crippen LogP contribution in [0, 0.1) is 0 Å². The topological polar surface area (TPSA) is 23.5 Å². The zero-order chi connectivity index (χ0) is 8.97. The summed E-state index contributed by atoms with van der Waals surface area (Å²) in [4.78, 5) is 2.36. The number of hydrogen-bond acceptors (Lipinski definition) is 2. The van der Waals surface area contributed by atoms with E-state index in [1.807, 2.05) is 0 Å². The monoisotopic (exact) mass is 171 g/mol. The third-order valence-corrected chi connectivity index (χ3v) is 2.85. The van der Waals surface area contributed by atoms with Crippen molar-refractivity contribution in [2.24, 2.45) is 0 Å². The quantitative estimate of drug-likeness (QED) is 0.636. The highest BCUT2D eigenvalue weighted by Gasteiger charge is 2.32. The van der Waals surface area contributed by atoms with Crippen LogP contribution in [-0.2, 0) is 0 Å². The van der Waals surface area contributed by atoms with Gasteiger partial charge < -0.3 is 5.11 Å². The van der Waals surface area contributed by atoms with Crippen LogP contribution in [-0.4, -0.2) is 35.2 Å². The second-order valence-corrected chi connectivity index (χ2v) is 3.86. The van der Waals surface area contributed by atoms with Crippen molar-refractivity contribution in [1.29, 1.82) is 0 Å². The van der Waals surface area contributed by atoms with Gasteiger partial charge in [0, 0.05) is 12.6 Å². The summed E-state index contributed by atoms with van der Waals surface area (Å²) in [6, 6.07) is 0.409. The summed E-state index contributed by atoms with van der Waals surface area (Å²) in [6.07, 6.45) is 5.24. The first-order valence-corrected chi connectivity index (χ1v) is 5.17. The molecular formula is C10H21NO. The minimum Gasteiger partial charge on any atom is -0.390 e. The summed E-state index contributed by atoms with van der Waals surface area (Å²) < 4.78 is 0. The molecule has 72 valence electrons. The Morgan fingerprint density at radius 1 is 1.33 bits per heavy atom. The van der Waals surface area contributed by atoms with Crippen LogP contribution in [0.3, 0.4) is 0 Å². The van der Waals surface area contributed by atoms with E-state index in [0.717, 1.165) is 6.54 Å². The molecule has 1 saturated heterocycles. The standard InChI is InChI=1S/C10H21NO/c1-3-4-5-6-7-11-8-10(12)9(11)2/h9-10,12H,3-8H2,1-2H3. The Balaban J connectivity index is 1.95. The normalized spacial score (nSPS) is 30.2. The van der Waals surface area contributed by atoms with Crippen molar-refractivity contribution in [1.82, 2.24) is 4.90 Å². The average Bonchev–Trinajstić information content (AvgIpc) is 2.10. The molecular weight excluding hydrogens is 150 g/mol. The fourth-order valence-electron chi connectivity index (χ4n) is 1.70. The highest BCUT2D eigenvalue weighted by Crippen LogP contribution is 2.17. The van der Waals surface area contributed by atoms with E-state index in [-0.39, 0.29) is 6.10 Å². The second-order valence-electron chi connectivity index (χ2n) is 3.86. The van der Waals surface area contributed by atoms with Crippen LogP contribution in [0.1, 0.15) is 39.5 Å². The third-order valence-electron chi connectivity index (χ3n) is 2.85. The zero-order valence-electron chi connectivity index (χ0n) is 8.29. The molecule has 2 unspecified atom stereocenters. The van der Waals surface area contributed by atoms with Crippen LogP contribution in [0.5, 0.6) is 0 Å². The van der Waals surface area contributed by atoms with Gasteiger partial charge in [-0.2, -0.15) is 0 Å². The molecule has 0 radical (unpaired) electrons. The van der Waals surface area contributed by atoms with E-state index in [4.69, 9.17) is 0 Å². The van der Waals surface area contributed by atoms with Crippen LogP contribution < -0.4 is 0 Å². The van der Waals surface area contributed by atoms with E-state index in [1.54, 1.807) is 0 Å². The van der Waals surface area contributed by atoms with Gasteiger partial charge in [-0.15, -0.1) is 0 Å². The van der Waals surface area contributed by atoms with Gasteiger partial charge in [-0.25, -0.2) is 0 Å². The highest BCUT2D eigenvalue weighted by molar-refractivity contribution is 4.87. The summed E-state index contributed by atoms with van der Waals surface area (Å²) in [5.41, 5.74) is 0. The molecule has 0 aromatic carbocycles. The lowest BCUT2D eigenvalue weighted by molar-refractivity contribution is -0.0524. The number of aliphatic hydroxyl groups is 1. The molecule has 2 heteroatoms. The van der Waals surface area contributed by atoms with Gasteiger partial charge in [0.15, 0.2) is 0 Å². The molecule has 0 bridgehead atoms. The number of hydrogen-bond donors (Lipinski definition) is 1. The molecule has 2 atom stereocenters. The fourth-order valence-corrected chi connectivity index (χ4v) is 1.70. The average molecular weight is 171 g/mol. The molecule has 2 nitrogen and oxygen atoms in total. The first kappa shape index (κ1) is 10.0. The van der Waals surface area contributed by atoms with E-state index < -0.39 is 0 Å². The van der Waals surface area contributed by atoms with Gasteiger partial charge in [-0.3, -0.25) is 4.90 Å². The molecule has 1 fully saturated rings. The molecule has 0 spiro atoms. The maximum absolute atomic E-state index is 9.25. The van der Waals surface area contributed by atoms with Crippen molar-refractivity contribution < 1.29 is 5.11 Å². The van der Waals surface area contributed by atoms with E-state index >= 15 is 0 Å². The van der Waals surface area contributed by atoms with E-state index in [1.165, 1.54) is 32.2 Å². The Morgan fingerprint density at radius 2 is 2.08 bits per heavy atom. The molecule has 1 aliphatic heterocycles. The van der Waals surface area contributed by atoms with Crippen LogP contribution in [0.2, 0.25) is 0 Å². The number of nitrogens with zero attached hydrogens (tertiary/aromatic N) is 1. The molecule has 0 aromatic heterocycles. The van der Waals surface area contributed by atoms with Crippen LogP contribution in [0.25, 0.3) is 0 Å². The van der Waals surface area contributed by atoms with Crippen molar-refractivity contribution in [3.05, 3.63) is 0 Å². The van der Waals surface area contributed by atoms with Gasteiger partial charge in [0.1, 0.15) is 0 Å². The maximum Gasteiger partial charge on any atom is 0.0819 e. The Hall–Kier alpha value is -0.0800. The molecule has 1 N–H and O–H groups in total. The third kappa shape index (κ3) is 2.46. The zero-order valence-corrected chi connectivity index (χ0v) is 8.29. The largest absolute Gasteiger partial charge is 0.390 e. The van der Waals surface area contributed by atoms with E-state index in [0.29, 0.717) is 6.04 Å². The molecule has 12 heavy (non-hydrogen) atoms. The summed E-state index contributed by atoms with van der Waals surface area (Å²) in [6.45, 7) is 6.41. The van der Waals surface area contributed by atoms with Gasteiger partial charge in [-0.05, 0) is 19.9 Å². The smallest absolute Gasteiger partial charge is 0.0819 e. The molecule has 1 heterocycles. The van der Waals surface area contributed by atoms with Gasteiger partial charge in [0.25, 0.3) is 0 Å². The number of aliphatic hydroxyl groups excluding tert-OH is 1. The Bertz CT molecular complexity index is 127. The predicted molar refractivity (Wildman–Crippen MR) is 51.2 cm³/mol. The lowest BCUT2D eigenvalue weighted by Gasteiger charge is -2.43. The lowest BCUT2D eigenvalue weighted by atomic mass is 10.0. The minimum atomic E-state index is -0.0591. The van der Waals surface area contributed by atoms with Crippen LogP contribution >= 0.6 is 0 Å². The Kier molecular flexibility index (Phi) is 4.02. The highest BCUT2D eigenvalue weighted by atomic mass is 16.3. The maximum atomic E-state index is 9.25. The van der Waals surface area contributed by atoms with Gasteiger partial charge in [0.2, 0.25) is 0 Å². The van der Waals surface area contributed by atoms with Crippen molar-refractivity contribution in [2.45, 2.75) is 51.7 Å². The minimum absolute atomic E-state index is 0.0591. The first-order valence-electron chi connectivity index (χ1n) is 5.17. The van der Waals surface area contributed by atoms with Crippen molar-refractivity contribution in [3.8, 4) is 0 Å². The van der Waals surface area contributed by atoms with Crippen molar-refractivity contribution in [3.63, 3.8) is 0 Å². The number of rotatable bonds is 5. The van der Waals surface area contributed by atoms with Crippen molar-refractivity contribution in [2.75, 3.05) is 13.1 Å². The van der Waals surface area contributed by atoms with Crippen LogP contribution in [0.15, 0.2) is 0 Å². The SMILES string of the molecule is CCCCCCN1CC(O)C1C. The van der Waals surface area contributed by atoms with Gasteiger partial charge in [-0.1, -0.05) is 26.2 Å². The molecule has 1 aliphatic rings. The van der Waals surface area contributed by atoms with E-state index in [9.17, 15) is 5.11 Å².